The van der Waals surface area contributed by atoms with Crippen LogP contribution in [0.1, 0.15) is 23.7 Å². The second-order valence-corrected chi connectivity index (χ2v) is 4.22. The Morgan fingerprint density at radius 3 is 2.39 bits per heavy atom. The molecule has 0 radical (unpaired) electrons. The first-order chi connectivity index (χ1) is 8.32. The molecular formula is C12H16F2N2O2. The summed E-state index contributed by atoms with van der Waals surface area (Å²) >= 11 is 0. The summed E-state index contributed by atoms with van der Waals surface area (Å²) in [6, 6.07) is 1.80. The van der Waals surface area contributed by atoms with Gasteiger partial charge in [-0.25, -0.2) is 8.78 Å². The summed E-state index contributed by atoms with van der Waals surface area (Å²) in [6.45, 7) is 1.89. The smallest absolute Gasteiger partial charge is 0.253 e. The van der Waals surface area contributed by atoms with Crippen LogP contribution in [0.3, 0.4) is 0 Å². The molecule has 0 heterocycles. The molecule has 0 bridgehead atoms. The third-order valence-electron chi connectivity index (χ3n) is 2.55. The molecule has 1 atom stereocenters. The number of rotatable bonds is 4. The zero-order valence-corrected chi connectivity index (χ0v) is 10.3. The maximum absolute atomic E-state index is 13.2. The molecule has 0 aromatic heterocycles. The van der Waals surface area contributed by atoms with E-state index in [1.807, 2.05) is 0 Å². The minimum Gasteiger partial charge on any atom is -0.394 e. The van der Waals surface area contributed by atoms with E-state index >= 15 is 0 Å². The van der Waals surface area contributed by atoms with Gasteiger partial charge >= 0.3 is 0 Å². The molecule has 18 heavy (non-hydrogen) atoms. The van der Waals surface area contributed by atoms with Crippen LogP contribution in [0.5, 0.6) is 0 Å². The number of hydrogen-bond donors (Lipinski definition) is 2. The second-order valence-electron chi connectivity index (χ2n) is 4.22. The van der Waals surface area contributed by atoms with Crippen molar-refractivity contribution in [1.29, 1.82) is 0 Å². The molecule has 1 unspecified atom stereocenters. The maximum Gasteiger partial charge on any atom is 0.253 e. The van der Waals surface area contributed by atoms with Gasteiger partial charge in [-0.3, -0.25) is 4.79 Å². The molecule has 0 fully saturated rings. The van der Waals surface area contributed by atoms with E-state index in [0.717, 1.165) is 12.1 Å². The number of aliphatic hydroxyl groups is 1. The van der Waals surface area contributed by atoms with Crippen molar-refractivity contribution in [3.63, 3.8) is 0 Å². The average Bonchev–Trinajstić information content (AvgIpc) is 2.31. The van der Waals surface area contributed by atoms with Crippen molar-refractivity contribution < 1.29 is 18.7 Å². The van der Waals surface area contributed by atoms with Crippen LogP contribution in [0.25, 0.3) is 0 Å². The van der Waals surface area contributed by atoms with E-state index in [9.17, 15) is 13.6 Å². The van der Waals surface area contributed by atoms with Gasteiger partial charge in [-0.2, -0.15) is 0 Å². The van der Waals surface area contributed by atoms with Crippen molar-refractivity contribution in [1.82, 2.24) is 4.90 Å². The van der Waals surface area contributed by atoms with Gasteiger partial charge in [-0.1, -0.05) is 0 Å². The molecule has 0 aliphatic carbocycles. The first-order valence-corrected chi connectivity index (χ1v) is 5.51. The van der Waals surface area contributed by atoms with Gasteiger partial charge in [0.2, 0.25) is 0 Å². The van der Waals surface area contributed by atoms with Crippen LogP contribution in [-0.4, -0.2) is 35.6 Å². The molecule has 1 aromatic carbocycles. The fourth-order valence-corrected chi connectivity index (χ4v) is 1.41. The van der Waals surface area contributed by atoms with Gasteiger partial charge < -0.3 is 15.7 Å². The second kappa shape index (κ2) is 5.77. The predicted molar refractivity (Wildman–Crippen MR) is 64.0 cm³/mol. The quantitative estimate of drug-likeness (QED) is 0.802. The number of halogens is 2. The third-order valence-corrected chi connectivity index (χ3v) is 2.55. The molecule has 1 amide bonds. The van der Waals surface area contributed by atoms with Crippen LogP contribution in [-0.2, 0) is 0 Å². The largest absolute Gasteiger partial charge is 0.394 e. The van der Waals surface area contributed by atoms with Gasteiger partial charge in [0.25, 0.3) is 5.91 Å². The van der Waals surface area contributed by atoms with Crippen LogP contribution in [0.15, 0.2) is 12.1 Å². The topological polar surface area (TPSA) is 66.6 Å². The zero-order valence-electron chi connectivity index (χ0n) is 10.3. The summed E-state index contributed by atoms with van der Waals surface area (Å²) in [5, 5.41) is 9.10. The lowest BCUT2D eigenvalue weighted by Crippen LogP contribution is -2.29. The lowest BCUT2D eigenvalue weighted by molar-refractivity contribution is 0.0768. The summed E-state index contributed by atoms with van der Waals surface area (Å²) in [5.74, 6) is -2.43. The van der Waals surface area contributed by atoms with Crippen LogP contribution in [0.4, 0.5) is 14.5 Å². The van der Waals surface area contributed by atoms with E-state index in [-0.39, 0.29) is 5.56 Å². The zero-order chi connectivity index (χ0) is 13.9. The average molecular weight is 258 g/mol. The Hall–Kier alpha value is -1.69. The summed E-state index contributed by atoms with van der Waals surface area (Å²) in [6.07, 6.45) is -0.150. The highest BCUT2D eigenvalue weighted by Crippen LogP contribution is 2.18. The van der Waals surface area contributed by atoms with Crippen molar-refractivity contribution in [2.45, 2.75) is 19.4 Å². The lowest BCUT2D eigenvalue weighted by Gasteiger charge is -2.18. The van der Waals surface area contributed by atoms with Crippen molar-refractivity contribution in [3.05, 3.63) is 29.3 Å². The van der Waals surface area contributed by atoms with Gasteiger partial charge in [-0.15, -0.1) is 0 Å². The molecule has 100 valence electrons. The van der Waals surface area contributed by atoms with E-state index in [2.05, 4.69) is 0 Å². The van der Waals surface area contributed by atoms with Gasteiger partial charge in [0, 0.05) is 19.2 Å². The fraction of sp³-hybridized carbons (Fsp3) is 0.417. The van der Waals surface area contributed by atoms with Crippen LogP contribution in [0, 0.1) is 11.6 Å². The molecule has 0 saturated heterocycles. The first kappa shape index (κ1) is 14.4. The lowest BCUT2D eigenvalue weighted by atomic mass is 10.1. The van der Waals surface area contributed by atoms with Crippen molar-refractivity contribution in [3.8, 4) is 0 Å². The Balaban J connectivity index is 2.84. The molecule has 0 aliphatic heterocycles. The minimum absolute atomic E-state index is 0.104. The van der Waals surface area contributed by atoms with E-state index < -0.39 is 29.3 Å². The Kier molecular flexibility index (Phi) is 4.61. The van der Waals surface area contributed by atoms with Gasteiger partial charge in [0.15, 0.2) is 0 Å². The standard InChI is InChI=1S/C12H16F2N2O2/c1-7(17)3-4-16(2)12(18)8-5-9(13)11(15)10(14)6-8/h5-7,17H,3-4,15H2,1-2H3. The van der Waals surface area contributed by atoms with Crippen molar-refractivity contribution >= 4 is 11.6 Å². The number of anilines is 1. The van der Waals surface area contributed by atoms with Crippen molar-refractivity contribution in [2.75, 3.05) is 19.3 Å². The minimum atomic E-state index is -0.956. The summed E-state index contributed by atoms with van der Waals surface area (Å²) in [5.41, 5.74) is 4.41. The highest BCUT2D eigenvalue weighted by atomic mass is 19.1. The number of amides is 1. The molecule has 4 nitrogen and oxygen atoms in total. The Morgan fingerprint density at radius 1 is 1.44 bits per heavy atom. The van der Waals surface area contributed by atoms with E-state index in [1.54, 1.807) is 6.92 Å². The molecule has 1 rings (SSSR count). The molecule has 0 saturated carbocycles. The molecule has 0 spiro atoms. The highest BCUT2D eigenvalue weighted by Gasteiger charge is 2.16. The molecule has 6 heteroatoms. The number of aliphatic hydroxyl groups excluding tert-OH is 1. The van der Waals surface area contributed by atoms with E-state index in [4.69, 9.17) is 10.8 Å². The van der Waals surface area contributed by atoms with E-state index in [0.29, 0.717) is 13.0 Å². The van der Waals surface area contributed by atoms with Crippen LogP contribution < -0.4 is 5.73 Å². The number of nitrogen functional groups attached to an aromatic ring is 1. The molecule has 3 N–H and O–H groups in total. The number of nitrogens with two attached hydrogens (primary N) is 1. The third kappa shape index (κ3) is 3.40. The Labute approximate surface area is 104 Å². The monoisotopic (exact) mass is 258 g/mol. The van der Waals surface area contributed by atoms with Gasteiger partial charge in [0.1, 0.15) is 17.3 Å². The SMILES string of the molecule is CC(O)CCN(C)C(=O)c1cc(F)c(N)c(F)c1. The number of carbonyl (C=O) groups excluding carboxylic acids is 1. The van der Waals surface area contributed by atoms with E-state index in [1.165, 1.54) is 11.9 Å². The fourth-order valence-electron chi connectivity index (χ4n) is 1.41. The van der Waals surface area contributed by atoms with Crippen LogP contribution in [0.2, 0.25) is 0 Å². The number of carbonyl (C=O) groups is 1. The highest BCUT2D eigenvalue weighted by molar-refractivity contribution is 5.94. The molecule has 0 aliphatic rings. The predicted octanol–water partition coefficient (Wildman–Crippen LogP) is 1.39. The summed E-state index contributed by atoms with van der Waals surface area (Å²) in [7, 11) is 1.50. The molecule has 1 aromatic rings. The number of benzene rings is 1. The van der Waals surface area contributed by atoms with Crippen molar-refractivity contribution in [2.24, 2.45) is 0 Å². The Morgan fingerprint density at radius 2 is 1.94 bits per heavy atom. The molecular weight excluding hydrogens is 242 g/mol. The number of hydrogen-bond acceptors (Lipinski definition) is 3. The van der Waals surface area contributed by atoms with Gasteiger partial charge in [-0.05, 0) is 25.5 Å². The maximum atomic E-state index is 13.2. The normalized spacial score (nSPS) is 12.3. The number of nitrogens with zero attached hydrogens (tertiary/aromatic N) is 1. The summed E-state index contributed by atoms with van der Waals surface area (Å²) < 4.78 is 26.4. The summed E-state index contributed by atoms with van der Waals surface area (Å²) in [4.78, 5) is 13.1. The Bertz CT molecular complexity index is 427. The van der Waals surface area contributed by atoms with Crippen LogP contribution >= 0.6 is 0 Å². The van der Waals surface area contributed by atoms with Gasteiger partial charge in [0.05, 0.1) is 6.10 Å². The first-order valence-electron chi connectivity index (χ1n) is 5.51.